The van der Waals surface area contributed by atoms with Crippen molar-refractivity contribution in [1.29, 1.82) is 0 Å². The van der Waals surface area contributed by atoms with Crippen LogP contribution in [-0.2, 0) is 11.3 Å². The van der Waals surface area contributed by atoms with Crippen LogP contribution in [0.5, 0.6) is 0 Å². The molecule has 1 atom stereocenters. The summed E-state index contributed by atoms with van der Waals surface area (Å²) in [4.78, 5) is 14.1. The standard InChI is InChI=1S/C12H20N4OS/c1-9-14-15-12(18-9)8-13-11(17)7-10-5-3-4-6-16(10)2/h10H,3-8H2,1-2H3,(H,13,17). The van der Waals surface area contributed by atoms with Gasteiger partial charge in [0, 0.05) is 12.5 Å². The average Bonchev–Trinajstić information content (AvgIpc) is 2.76. The monoisotopic (exact) mass is 268 g/mol. The van der Waals surface area contributed by atoms with Crippen LogP contribution in [0.2, 0.25) is 0 Å². The van der Waals surface area contributed by atoms with Gasteiger partial charge >= 0.3 is 0 Å². The van der Waals surface area contributed by atoms with Gasteiger partial charge in [0.25, 0.3) is 0 Å². The van der Waals surface area contributed by atoms with Crippen molar-refractivity contribution in [2.24, 2.45) is 0 Å². The highest BCUT2D eigenvalue weighted by Crippen LogP contribution is 2.17. The van der Waals surface area contributed by atoms with Gasteiger partial charge in [-0.05, 0) is 33.4 Å². The summed E-state index contributed by atoms with van der Waals surface area (Å²) in [6, 6.07) is 0.398. The van der Waals surface area contributed by atoms with E-state index in [1.165, 1.54) is 24.2 Å². The number of aromatic nitrogens is 2. The van der Waals surface area contributed by atoms with Gasteiger partial charge in [0.05, 0.1) is 6.54 Å². The second kappa shape index (κ2) is 6.24. The van der Waals surface area contributed by atoms with Gasteiger partial charge < -0.3 is 10.2 Å². The summed E-state index contributed by atoms with van der Waals surface area (Å²) in [5, 5.41) is 12.7. The Morgan fingerprint density at radius 3 is 3.00 bits per heavy atom. The third-order valence-corrected chi connectivity index (χ3v) is 4.19. The van der Waals surface area contributed by atoms with Crippen molar-refractivity contribution < 1.29 is 4.79 Å². The van der Waals surface area contributed by atoms with E-state index in [1.54, 1.807) is 0 Å². The zero-order valence-electron chi connectivity index (χ0n) is 11.0. The maximum absolute atomic E-state index is 11.9. The van der Waals surface area contributed by atoms with Gasteiger partial charge in [-0.25, -0.2) is 0 Å². The summed E-state index contributed by atoms with van der Waals surface area (Å²) >= 11 is 1.53. The molecule has 0 bridgehead atoms. The zero-order valence-corrected chi connectivity index (χ0v) is 11.8. The SMILES string of the molecule is Cc1nnc(CNC(=O)CC2CCCCN2C)s1. The van der Waals surface area contributed by atoms with E-state index in [4.69, 9.17) is 0 Å². The highest BCUT2D eigenvalue weighted by Gasteiger charge is 2.21. The van der Waals surface area contributed by atoms with Crippen LogP contribution in [0.15, 0.2) is 0 Å². The molecule has 1 aliphatic rings. The van der Waals surface area contributed by atoms with Crippen LogP contribution < -0.4 is 5.32 Å². The van der Waals surface area contributed by atoms with Crippen LogP contribution in [-0.4, -0.2) is 40.6 Å². The second-order valence-corrected chi connectivity index (χ2v) is 6.09. The Kier molecular flexibility index (Phi) is 4.66. The molecule has 18 heavy (non-hydrogen) atoms. The molecule has 0 radical (unpaired) electrons. The van der Waals surface area contributed by atoms with Crippen molar-refractivity contribution in [3.63, 3.8) is 0 Å². The number of likely N-dealkylation sites (tertiary alicyclic amines) is 1. The van der Waals surface area contributed by atoms with E-state index in [9.17, 15) is 4.79 Å². The molecule has 1 unspecified atom stereocenters. The number of hydrogen-bond donors (Lipinski definition) is 1. The predicted octanol–water partition coefficient (Wildman–Crippen LogP) is 1.34. The molecule has 5 nitrogen and oxygen atoms in total. The van der Waals surface area contributed by atoms with E-state index in [2.05, 4.69) is 27.5 Å². The molecule has 0 saturated carbocycles. The summed E-state index contributed by atoms with van der Waals surface area (Å²) in [5.74, 6) is 0.113. The quantitative estimate of drug-likeness (QED) is 0.895. The summed E-state index contributed by atoms with van der Waals surface area (Å²) in [5.41, 5.74) is 0. The fraction of sp³-hybridized carbons (Fsp3) is 0.750. The minimum atomic E-state index is 0.113. The molecule has 2 rings (SSSR count). The number of aryl methyl sites for hydroxylation is 1. The average molecular weight is 268 g/mol. The predicted molar refractivity (Wildman–Crippen MR) is 71.4 cm³/mol. The molecule has 1 saturated heterocycles. The summed E-state index contributed by atoms with van der Waals surface area (Å²) in [6.07, 6.45) is 4.20. The van der Waals surface area contributed by atoms with Crippen LogP contribution in [0.4, 0.5) is 0 Å². The van der Waals surface area contributed by atoms with Gasteiger partial charge in [-0.2, -0.15) is 0 Å². The van der Waals surface area contributed by atoms with Crippen molar-refractivity contribution in [3.8, 4) is 0 Å². The molecular weight excluding hydrogens is 248 g/mol. The van der Waals surface area contributed by atoms with Gasteiger partial charge in [0.15, 0.2) is 0 Å². The molecule has 1 aromatic heterocycles. The van der Waals surface area contributed by atoms with E-state index >= 15 is 0 Å². The number of carbonyl (C=O) groups is 1. The molecule has 1 aromatic rings. The number of nitrogens with zero attached hydrogens (tertiary/aromatic N) is 3. The molecule has 1 fully saturated rings. The Hall–Kier alpha value is -1.01. The third-order valence-electron chi connectivity index (χ3n) is 3.35. The highest BCUT2D eigenvalue weighted by atomic mass is 32.1. The Labute approximate surface area is 112 Å². The van der Waals surface area contributed by atoms with Gasteiger partial charge in [-0.15, -0.1) is 10.2 Å². The van der Waals surface area contributed by atoms with E-state index in [0.29, 0.717) is 19.0 Å². The number of nitrogens with one attached hydrogen (secondary N) is 1. The van der Waals surface area contributed by atoms with Crippen molar-refractivity contribution in [2.45, 2.75) is 45.2 Å². The van der Waals surface area contributed by atoms with Gasteiger partial charge in [-0.3, -0.25) is 4.79 Å². The lowest BCUT2D eigenvalue weighted by Gasteiger charge is -2.31. The normalized spacial score (nSPS) is 20.9. The van der Waals surface area contributed by atoms with E-state index in [0.717, 1.165) is 23.0 Å². The van der Waals surface area contributed by atoms with Crippen molar-refractivity contribution >= 4 is 17.2 Å². The lowest BCUT2D eigenvalue weighted by Crippen LogP contribution is -2.40. The van der Waals surface area contributed by atoms with Gasteiger partial charge in [-0.1, -0.05) is 17.8 Å². The highest BCUT2D eigenvalue weighted by molar-refractivity contribution is 7.11. The Morgan fingerprint density at radius 2 is 2.33 bits per heavy atom. The molecule has 1 aliphatic heterocycles. The van der Waals surface area contributed by atoms with E-state index in [1.807, 2.05) is 6.92 Å². The molecule has 6 heteroatoms. The van der Waals surface area contributed by atoms with Crippen LogP contribution in [0.3, 0.4) is 0 Å². The molecule has 2 heterocycles. The van der Waals surface area contributed by atoms with Crippen molar-refractivity contribution in [1.82, 2.24) is 20.4 Å². The number of hydrogen-bond acceptors (Lipinski definition) is 5. The molecular formula is C12H20N4OS. The fourth-order valence-electron chi connectivity index (χ4n) is 2.27. The van der Waals surface area contributed by atoms with Crippen LogP contribution >= 0.6 is 11.3 Å². The number of piperidine rings is 1. The Morgan fingerprint density at radius 1 is 1.50 bits per heavy atom. The number of rotatable bonds is 4. The van der Waals surface area contributed by atoms with Crippen LogP contribution in [0.25, 0.3) is 0 Å². The topological polar surface area (TPSA) is 58.1 Å². The molecule has 0 aromatic carbocycles. The molecule has 1 N–H and O–H groups in total. The smallest absolute Gasteiger partial charge is 0.221 e. The van der Waals surface area contributed by atoms with E-state index < -0.39 is 0 Å². The second-order valence-electron chi connectivity index (χ2n) is 4.83. The van der Waals surface area contributed by atoms with Gasteiger partial charge in [0.2, 0.25) is 5.91 Å². The largest absolute Gasteiger partial charge is 0.349 e. The molecule has 1 amide bonds. The first-order chi connectivity index (χ1) is 8.65. The maximum Gasteiger partial charge on any atom is 0.221 e. The number of carbonyl (C=O) groups excluding carboxylic acids is 1. The van der Waals surface area contributed by atoms with Crippen LogP contribution in [0, 0.1) is 6.92 Å². The Balaban J connectivity index is 1.74. The third kappa shape index (κ3) is 3.74. The first-order valence-electron chi connectivity index (χ1n) is 6.41. The van der Waals surface area contributed by atoms with Gasteiger partial charge in [0.1, 0.15) is 10.0 Å². The minimum Gasteiger partial charge on any atom is -0.349 e. The van der Waals surface area contributed by atoms with E-state index in [-0.39, 0.29) is 5.91 Å². The first-order valence-corrected chi connectivity index (χ1v) is 7.22. The molecule has 0 aliphatic carbocycles. The first kappa shape index (κ1) is 13.4. The summed E-state index contributed by atoms with van der Waals surface area (Å²) < 4.78 is 0. The summed E-state index contributed by atoms with van der Waals surface area (Å²) in [7, 11) is 2.10. The van der Waals surface area contributed by atoms with Crippen molar-refractivity contribution in [2.75, 3.05) is 13.6 Å². The Bertz CT molecular complexity index is 407. The lowest BCUT2D eigenvalue weighted by atomic mass is 10.00. The molecule has 100 valence electrons. The lowest BCUT2D eigenvalue weighted by molar-refractivity contribution is -0.122. The maximum atomic E-state index is 11.9. The minimum absolute atomic E-state index is 0.113. The van der Waals surface area contributed by atoms with Crippen LogP contribution in [0.1, 0.15) is 35.7 Å². The molecule has 0 spiro atoms. The number of amides is 1. The summed E-state index contributed by atoms with van der Waals surface area (Å²) in [6.45, 7) is 3.52. The zero-order chi connectivity index (χ0) is 13.0. The van der Waals surface area contributed by atoms with Crippen molar-refractivity contribution in [3.05, 3.63) is 10.0 Å². The fourth-order valence-corrected chi connectivity index (χ4v) is 2.92.